The van der Waals surface area contributed by atoms with Crippen LogP contribution in [-0.4, -0.2) is 42.7 Å². The predicted molar refractivity (Wildman–Crippen MR) is 99.3 cm³/mol. The van der Waals surface area contributed by atoms with Gasteiger partial charge in [-0.25, -0.2) is 0 Å². The van der Waals surface area contributed by atoms with Crippen molar-refractivity contribution < 1.29 is 9.69 Å². The highest BCUT2D eigenvalue weighted by molar-refractivity contribution is 8.00. The van der Waals surface area contributed by atoms with Gasteiger partial charge in [0, 0.05) is 10.5 Å². The summed E-state index contributed by atoms with van der Waals surface area (Å²) in [7, 11) is 0. The molecule has 126 valence electrons. The zero-order chi connectivity index (χ0) is 16.8. The van der Waals surface area contributed by atoms with Gasteiger partial charge in [0.25, 0.3) is 0 Å². The highest BCUT2D eigenvalue weighted by Gasteiger charge is 2.23. The number of carbonyl (C=O) groups is 1. The Morgan fingerprint density at radius 3 is 2.38 bits per heavy atom. The number of quaternary nitrogens is 1. The normalized spacial score (nSPS) is 15.5. The number of hydrogen-bond acceptors (Lipinski definition) is 2. The number of carbonyl (C=O) groups excluding carboxylic acids is 1. The summed E-state index contributed by atoms with van der Waals surface area (Å²) in [6.45, 7) is 6.95. The molecule has 2 aromatic carbocycles. The molecule has 2 aromatic rings. The summed E-state index contributed by atoms with van der Waals surface area (Å²) in [5.74, 6) is 0.802. The first kappa shape index (κ1) is 17.1. The van der Waals surface area contributed by atoms with Gasteiger partial charge in [-0.05, 0) is 19.1 Å². The Balaban J connectivity index is 1.42. The number of benzene rings is 2. The van der Waals surface area contributed by atoms with Crippen molar-refractivity contribution in [2.24, 2.45) is 0 Å². The molecule has 0 atom stereocenters. The van der Waals surface area contributed by atoms with Crippen molar-refractivity contribution in [1.29, 1.82) is 0 Å². The lowest BCUT2D eigenvalue weighted by Gasteiger charge is -2.32. The van der Waals surface area contributed by atoms with Crippen molar-refractivity contribution in [3.63, 3.8) is 0 Å². The van der Waals surface area contributed by atoms with Gasteiger partial charge in [0.1, 0.15) is 6.54 Å². The average molecular weight is 342 g/mol. The number of hydrogen-bond donors (Lipinski definition) is 1. The SMILES string of the molecule is Cc1ccc(SCC(=O)N2CC[NH+](Cc3ccccc3)CC2)cc1. The van der Waals surface area contributed by atoms with E-state index in [1.54, 1.807) is 16.7 Å². The lowest BCUT2D eigenvalue weighted by atomic mass is 10.2. The fourth-order valence-corrected chi connectivity index (χ4v) is 3.81. The van der Waals surface area contributed by atoms with Gasteiger partial charge in [-0.3, -0.25) is 4.79 Å². The predicted octanol–water partition coefficient (Wildman–Crippen LogP) is 2.01. The van der Waals surface area contributed by atoms with Gasteiger partial charge in [0.2, 0.25) is 5.91 Å². The summed E-state index contributed by atoms with van der Waals surface area (Å²) in [5, 5.41) is 0. The van der Waals surface area contributed by atoms with E-state index >= 15 is 0 Å². The first-order valence-corrected chi connectivity index (χ1v) is 9.54. The van der Waals surface area contributed by atoms with Crippen LogP contribution in [0.15, 0.2) is 59.5 Å². The molecule has 1 aliphatic heterocycles. The molecule has 1 N–H and O–H groups in total. The summed E-state index contributed by atoms with van der Waals surface area (Å²) >= 11 is 1.64. The van der Waals surface area contributed by atoms with Gasteiger partial charge in [-0.15, -0.1) is 11.8 Å². The van der Waals surface area contributed by atoms with E-state index in [2.05, 4.69) is 61.5 Å². The molecule has 24 heavy (non-hydrogen) atoms. The van der Waals surface area contributed by atoms with Crippen molar-refractivity contribution in [3.8, 4) is 0 Å². The second-order valence-corrected chi connectivity index (χ2v) is 7.44. The van der Waals surface area contributed by atoms with E-state index in [1.807, 2.05) is 4.90 Å². The van der Waals surface area contributed by atoms with Gasteiger partial charge in [0.15, 0.2) is 0 Å². The standard InChI is InChI=1S/C20H24N2OS/c1-17-7-9-19(10-8-17)24-16-20(23)22-13-11-21(12-14-22)15-18-5-3-2-4-6-18/h2-10H,11-16H2,1H3/p+1. The number of aryl methyl sites for hydroxylation is 1. The van der Waals surface area contributed by atoms with Crippen LogP contribution in [-0.2, 0) is 11.3 Å². The Morgan fingerprint density at radius 1 is 1.04 bits per heavy atom. The zero-order valence-corrected chi connectivity index (χ0v) is 15.0. The molecule has 1 fully saturated rings. The van der Waals surface area contributed by atoms with Gasteiger partial charge >= 0.3 is 0 Å². The van der Waals surface area contributed by atoms with Crippen molar-refractivity contribution >= 4 is 17.7 Å². The van der Waals surface area contributed by atoms with E-state index in [0.29, 0.717) is 5.75 Å². The molecule has 1 amide bonds. The smallest absolute Gasteiger partial charge is 0.233 e. The van der Waals surface area contributed by atoms with Crippen LogP contribution in [0.4, 0.5) is 0 Å². The van der Waals surface area contributed by atoms with E-state index in [0.717, 1.165) is 32.7 Å². The van der Waals surface area contributed by atoms with Crippen LogP contribution in [0.5, 0.6) is 0 Å². The molecule has 0 unspecified atom stereocenters. The Hall–Kier alpha value is -1.78. The number of amides is 1. The van der Waals surface area contributed by atoms with Crippen LogP contribution in [0, 0.1) is 6.92 Å². The third-order valence-electron chi connectivity index (χ3n) is 4.50. The number of rotatable bonds is 5. The molecule has 4 heteroatoms. The fraction of sp³-hybridized carbons (Fsp3) is 0.350. The van der Waals surface area contributed by atoms with E-state index in [9.17, 15) is 4.79 Å². The topological polar surface area (TPSA) is 24.8 Å². The number of nitrogens with one attached hydrogen (secondary N) is 1. The summed E-state index contributed by atoms with van der Waals surface area (Å²) in [6.07, 6.45) is 0. The molecule has 0 radical (unpaired) electrons. The van der Waals surface area contributed by atoms with Crippen LogP contribution in [0.3, 0.4) is 0 Å². The van der Waals surface area contributed by atoms with Crippen molar-refractivity contribution in [2.75, 3.05) is 31.9 Å². The van der Waals surface area contributed by atoms with Gasteiger partial charge in [0.05, 0.1) is 31.9 Å². The maximum Gasteiger partial charge on any atom is 0.233 e. The molecule has 0 aliphatic carbocycles. The van der Waals surface area contributed by atoms with Crippen LogP contribution in [0.25, 0.3) is 0 Å². The molecule has 1 saturated heterocycles. The van der Waals surface area contributed by atoms with Crippen LogP contribution < -0.4 is 4.90 Å². The third kappa shape index (κ3) is 4.86. The number of piperazine rings is 1. The molecule has 0 saturated carbocycles. The van der Waals surface area contributed by atoms with E-state index < -0.39 is 0 Å². The molecule has 0 bridgehead atoms. The van der Waals surface area contributed by atoms with Gasteiger partial charge in [-0.1, -0.05) is 48.0 Å². The van der Waals surface area contributed by atoms with Gasteiger partial charge < -0.3 is 9.80 Å². The van der Waals surface area contributed by atoms with Gasteiger partial charge in [-0.2, -0.15) is 0 Å². The van der Waals surface area contributed by atoms with Crippen LogP contribution >= 0.6 is 11.8 Å². The first-order valence-electron chi connectivity index (χ1n) is 8.55. The lowest BCUT2D eigenvalue weighted by molar-refractivity contribution is -0.917. The summed E-state index contributed by atoms with van der Waals surface area (Å²) in [6, 6.07) is 19.0. The molecule has 3 nitrogen and oxygen atoms in total. The largest absolute Gasteiger partial charge is 0.331 e. The maximum atomic E-state index is 12.4. The van der Waals surface area contributed by atoms with Crippen LogP contribution in [0.2, 0.25) is 0 Å². The second-order valence-electron chi connectivity index (χ2n) is 6.39. The van der Waals surface area contributed by atoms with E-state index in [-0.39, 0.29) is 5.91 Å². The maximum absolute atomic E-state index is 12.4. The quantitative estimate of drug-likeness (QED) is 0.842. The minimum atomic E-state index is 0.263. The molecule has 0 spiro atoms. The number of nitrogens with zero attached hydrogens (tertiary/aromatic N) is 1. The Morgan fingerprint density at radius 2 is 1.71 bits per heavy atom. The Bertz CT molecular complexity index is 649. The molecule has 1 heterocycles. The fourth-order valence-electron chi connectivity index (χ4n) is 3.00. The zero-order valence-electron chi connectivity index (χ0n) is 14.2. The lowest BCUT2D eigenvalue weighted by Crippen LogP contribution is -3.13. The van der Waals surface area contributed by atoms with E-state index in [4.69, 9.17) is 0 Å². The summed E-state index contributed by atoms with van der Waals surface area (Å²) < 4.78 is 0. The molecular formula is C20H25N2OS+. The molecular weight excluding hydrogens is 316 g/mol. The Labute approximate surface area is 148 Å². The molecule has 0 aromatic heterocycles. The third-order valence-corrected chi connectivity index (χ3v) is 5.50. The highest BCUT2D eigenvalue weighted by atomic mass is 32.2. The second kappa shape index (κ2) is 8.36. The van der Waals surface area contributed by atoms with E-state index in [1.165, 1.54) is 16.0 Å². The van der Waals surface area contributed by atoms with Crippen LogP contribution in [0.1, 0.15) is 11.1 Å². The van der Waals surface area contributed by atoms with Crippen molar-refractivity contribution in [2.45, 2.75) is 18.4 Å². The minimum absolute atomic E-state index is 0.263. The Kier molecular flexibility index (Phi) is 5.94. The van der Waals surface area contributed by atoms with Crippen molar-refractivity contribution in [1.82, 2.24) is 4.90 Å². The molecule has 3 rings (SSSR count). The summed E-state index contributed by atoms with van der Waals surface area (Å²) in [4.78, 5) is 17.2. The minimum Gasteiger partial charge on any atom is -0.331 e. The first-order chi connectivity index (χ1) is 11.7. The number of thioether (sulfide) groups is 1. The monoisotopic (exact) mass is 341 g/mol. The highest BCUT2D eigenvalue weighted by Crippen LogP contribution is 2.18. The average Bonchev–Trinajstić information content (AvgIpc) is 2.62. The summed E-state index contributed by atoms with van der Waals surface area (Å²) in [5.41, 5.74) is 2.63. The molecule has 1 aliphatic rings. The van der Waals surface area contributed by atoms with Crippen molar-refractivity contribution in [3.05, 3.63) is 65.7 Å².